The molecule has 0 aliphatic rings. The summed E-state index contributed by atoms with van der Waals surface area (Å²) in [6, 6.07) is 10.2. The van der Waals surface area contributed by atoms with Crippen molar-refractivity contribution >= 4 is 11.9 Å². The summed E-state index contributed by atoms with van der Waals surface area (Å²) < 4.78 is 26.0. The lowest BCUT2D eigenvalue weighted by atomic mass is 10.1. The van der Waals surface area contributed by atoms with E-state index in [1.807, 2.05) is 0 Å². The maximum absolute atomic E-state index is 13.1. The Balaban J connectivity index is 2.12. The highest BCUT2D eigenvalue weighted by Gasteiger charge is 2.21. The van der Waals surface area contributed by atoms with Crippen molar-refractivity contribution < 1.29 is 23.5 Å². The van der Waals surface area contributed by atoms with Crippen LogP contribution in [0.25, 0.3) is 0 Å². The average molecular weight is 305 g/mol. The van der Waals surface area contributed by atoms with E-state index in [-0.39, 0.29) is 12.0 Å². The molecule has 114 valence electrons. The molecule has 0 saturated heterocycles. The largest absolute Gasteiger partial charge is 0.480 e. The molecule has 0 aliphatic carbocycles. The van der Waals surface area contributed by atoms with Gasteiger partial charge in [-0.1, -0.05) is 30.3 Å². The van der Waals surface area contributed by atoms with E-state index in [2.05, 4.69) is 5.32 Å². The van der Waals surface area contributed by atoms with Crippen LogP contribution < -0.4 is 5.32 Å². The van der Waals surface area contributed by atoms with Crippen LogP contribution in [0.2, 0.25) is 0 Å². The molecule has 2 aromatic rings. The van der Waals surface area contributed by atoms with Crippen molar-refractivity contribution in [2.45, 2.75) is 12.5 Å². The number of rotatable bonds is 5. The standard InChI is InChI=1S/C16H13F2NO3/c17-12-7-6-11(9-13(12)18)15(20)19-14(16(21)22)8-10-4-2-1-3-5-10/h1-7,9,14H,8H2,(H,19,20)(H,21,22). The Hall–Kier alpha value is -2.76. The summed E-state index contributed by atoms with van der Waals surface area (Å²) in [5.41, 5.74) is 0.596. The number of halogens is 2. The summed E-state index contributed by atoms with van der Waals surface area (Å²) in [6.07, 6.45) is 0.0889. The first kappa shape index (κ1) is 15.6. The molecule has 2 N–H and O–H groups in total. The fraction of sp³-hybridized carbons (Fsp3) is 0.125. The summed E-state index contributed by atoms with van der Waals surface area (Å²) in [7, 11) is 0. The van der Waals surface area contributed by atoms with Crippen LogP contribution in [0.15, 0.2) is 48.5 Å². The molecule has 0 aliphatic heterocycles. The number of carbonyl (C=O) groups is 2. The minimum Gasteiger partial charge on any atom is -0.480 e. The molecule has 22 heavy (non-hydrogen) atoms. The predicted molar refractivity (Wildman–Crippen MR) is 75.4 cm³/mol. The summed E-state index contributed by atoms with van der Waals surface area (Å²) in [6.45, 7) is 0. The van der Waals surface area contributed by atoms with Crippen molar-refractivity contribution in [3.05, 3.63) is 71.3 Å². The van der Waals surface area contributed by atoms with Gasteiger partial charge in [-0.2, -0.15) is 0 Å². The third-order valence-corrected chi connectivity index (χ3v) is 3.07. The van der Waals surface area contributed by atoms with Crippen LogP contribution in [0.4, 0.5) is 8.78 Å². The van der Waals surface area contributed by atoms with Gasteiger partial charge < -0.3 is 10.4 Å². The molecule has 0 fully saturated rings. The van der Waals surface area contributed by atoms with E-state index in [0.29, 0.717) is 0 Å². The lowest BCUT2D eigenvalue weighted by Gasteiger charge is -2.14. The number of nitrogens with one attached hydrogen (secondary N) is 1. The van der Waals surface area contributed by atoms with Crippen LogP contribution in [0.5, 0.6) is 0 Å². The number of amides is 1. The first-order valence-electron chi connectivity index (χ1n) is 6.50. The van der Waals surface area contributed by atoms with E-state index in [0.717, 1.165) is 23.8 Å². The maximum Gasteiger partial charge on any atom is 0.326 e. The minimum absolute atomic E-state index is 0.0889. The van der Waals surface area contributed by atoms with Crippen molar-refractivity contribution in [3.8, 4) is 0 Å². The molecule has 6 heteroatoms. The smallest absolute Gasteiger partial charge is 0.326 e. The first-order valence-corrected chi connectivity index (χ1v) is 6.50. The van der Waals surface area contributed by atoms with Gasteiger partial charge in [0.1, 0.15) is 6.04 Å². The number of aliphatic carboxylic acids is 1. The van der Waals surface area contributed by atoms with Gasteiger partial charge in [-0.15, -0.1) is 0 Å². The summed E-state index contributed by atoms with van der Waals surface area (Å²) in [5.74, 6) is -4.22. The third kappa shape index (κ3) is 3.88. The van der Waals surface area contributed by atoms with Crippen LogP contribution >= 0.6 is 0 Å². The Morgan fingerprint density at radius 2 is 1.73 bits per heavy atom. The molecule has 0 spiro atoms. The number of carboxylic acids is 1. The zero-order chi connectivity index (χ0) is 16.1. The Morgan fingerprint density at radius 3 is 2.32 bits per heavy atom. The van der Waals surface area contributed by atoms with Gasteiger partial charge in [0.05, 0.1) is 0 Å². The number of hydrogen-bond donors (Lipinski definition) is 2. The predicted octanol–water partition coefficient (Wildman–Crippen LogP) is 2.39. The van der Waals surface area contributed by atoms with Gasteiger partial charge in [0, 0.05) is 12.0 Å². The Kier molecular flexibility index (Phi) is 4.83. The topological polar surface area (TPSA) is 66.4 Å². The third-order valence-electron chi connectivity index (χ3n) is 3.07. The van der Waals surface area contributed by atoms with Crippen LogP contribution in [0.1, 0.15) is 15.9 Å². The van der Waals surface area contributed by atoms with Crippen molar-refractivity contribution in [2.24, 2.45) is 0 Å². The van der Waals surface area contributed by atoms with Crippen molar-refractivity contribution in [1.29, 1.82) is 0 Å². The lowest BCUT2D eigenvalue weighted by molar-refractivity contribution is -0.139. The second-order valence-corrected chi connectivity index (χ2v) is 4.68. The summed E-state index contributed by atoms with van der Waals surface area (Å²) >= 11 is 0. The van der Waals surface area contributed by atoms with Gasteiger partial charge in [-0.05, 0) is 23.8 Å². The fourth-order valence-corrected chi connectivity index (χ4v) is 1.93. The Labute approximate surface area is 125 Å². The van der Waals surface area contributed by atoms with E-state index in [1.165, 1.54) is 0 Å². The van der Waals surface area contributed by atoms with Gasteiger partial charge in [0.2, 0.25) is 0 Å². The summed E-state index contributed by atoms with van der Waals surface area (Å²) in [5, 5.41) is 11.5. The molecule has 2 aromatic carbocycles. The Morgan fingerprint density at radius 1 is 1.05 bits per heavy atom. The van der Waals surface area contributed by atoms with Crippen molar-refractivity contribution in [2.75, 3.05) is 0 Å². The van der Waals surface area contributed by atoms with Gasteiger partial charge in [0.25, 0.3) is 5.91 Å². The van der Waals surface area contributed by atoms with Crippen molar-refractivity contribution in [3.63, 3.8) is 0 Å². The average Bonchev–Trinajstić information content (AvgIpc) is 2.50. The second-order valence-electron chi connectivity index (χ2n) is 4.68. The van der Waals surface area contributed by atoms with Gasteiger partial charge >= 0.3 is 5.97 Å². The highest BCUT2D eigenvalue weighted by Crippen LogP contribution is 2.10. The monoisotopic (exact) mass is 305 g/mol. The van der Waals surface area contributed by atoms with Crippen LogP contribution in [0, 0.1) is 11.6 Å². The lowest BCUT2D eigenvalue weighted by Crippen LogP contribution is -2.42. The second kappa shape index (κ2) is 6.80. The molecule has 1 amide bonds. The number of carbonyl (C=O) groups excluding carboxylic acids is 1. The quantitative estimate of drug-likeness (QED) is 0.891. The molecule has 2 rings (SSSR count). The minimum atomic E-state index is -1.21. The molecule has 0 radical (unpaired) electrons. The Bertz CT molecular complexity index is 689. The normalized spacial score (nSPS) is 11.7. The maximum atomic E-state index is 13.1. The molecule has 4 nitrogen and oxygen atoms in total. The molecular weight excluding hydrogens is 292 g/mol. The number of hydrogen-bond acceptors (Lipinski definition) is 2. The fourth-order valence-electron chi connectivity index (χ4n) is 1.93. The molecule has 0 bridgehead atoms. The summed E-state index contributed by atoms with van der Waals surface area (Å²) in [4.78, 5) is 23.2. The van der Waals surface area contributed by atoms with Crippen molar-refractivity contribution in [1.82, 2.24) is 5.32 Å². The van der Waals surface area contributed by atoms with Crippen LogP contribution in [-0.2, 0) is 11.2 Å². The van der Waals surface area contributed by atoms with E-state index < -0.39 is 29.6 Å². The van der Waals surface area contributed by atoms with Crippen LogP contribution in [-0.4, -0.2) is 23.0 Å². The molecule has 0 heterocycles. The van der Waals surface area contributed by atoms with Gasteiger partial charge in [-0.25, -0.2) is 13.6 Å². The van der Waals surface area contributed by atoms with E-state index >= 15 is 0 Å². The molecular formula is C16H13F2NO3. The van der Waals surface area contributed by atoms with Crippen LogP contribution in [0.3, 0.4) is 0 Å². The zero-order valence-corrected chi connectivity index (χ0v) is 11.4. The molecule has 0 aromatic heterocycles. The van der Waals surface area contributed by atoms with E-state index in [9.17, 15) is 23.5 Å². The number of carboxylic acid groups (broad SMARTS) is 1. The number of benzene rings is 2. The van der Waals surface area contributed by atoms with Gasteiger partial charge in [0.15, 0.2) is 11.6 Å². The molecule has 0 saturated carbocycles. The molecule has 1 unspecified atom stereocenters. The molecule has 1 atom stereocenters. The van der Waals surface area contributed by atoms with E-state index in [4.69, 9.17) is 0 Å². The van der Waals surface area contributed by atoms with Gasteiger partial charge in [-0.3, -0.25) is 4.79 Å². The highest BCUT2D eigenvalue weighted by atomic mass is 19.2. The SMILES string of the molecule is O=C(NC(Cc1ccccc1)C(=O)O)c1ccc(F)c(F)c1. The zero-order valence-electron chi connectivity index (χ0n) is 11.4. The highest BCUT2D eigenvalue weighted by molar-refractivity contribution is 5.96. The van der Waals surface area contributed by atoms with E-state index in [1.54, 1.807) is 30.3 Å². The first-order chi connectivity index (χ1) is 10.5.